The highest BCUT2D eigenvalue weighted by molar-refractivity contribution is 7.16. The fourth-order valence-corrected chi connectivity index (χ4v) is 6.63. The molecule has 10 heteroatoms. The van der Waals surface area contributed by atoms with Crippen LogP contribution in [0.1, 0.15) is 51.3 Å². The molecule has 2 aliphatic heterocycles. The van der Waals surface area contributed by atoms with Gasteiger partial charge in [0.2, 0.25) is 0 Å². The van der Waals surface area contributed by atoms with E-state index < -0.39 is 6.17 Å². The fraction of sp³-hybridized carbons (Fsp3) is 0.312. The summed E-state index contributed by atoms with van der Waals surface area (Å²) in [4.78, 5) is 17.5. The monoisotopic (exact) mass is 621 g/mol. The van der Waals surface area contributed by atoms with Gasteiger partial charge in [0.1, 0.15) is 6.17 Å². The molecule has 0 saturated carbocycles. The maximum Gasteiger partial charge on any atom is 0.286 e. The molecule has 0 atom stereocenters. The Kier molecular flexibility index (Phi) is 8.66. The maximum absolute atomic E-state index is 13.9. The first-order chi connectivity index (χ1) is 20.3. The summed E-state index contributed by atoms with van der Waals surface area (Å²) in [6.07, 6.45) is 2.34. The highest BCUT2D eigenvalue weighted by Gasteiger charge is 2.33. The molecule has 42 heavy (non-hydrogen) atoms. The third kappa shape index (κ3) is 6.41. The normalized spacial score (nSPS) is 16.1. The molecule has 0 radical (unpaired) electrons. The SMILES string of the molecule is Cc1ccc(C#Cc2ccc(-c3c(CN4CC(F)C4)c(C(=O)NN4CCCCC4)nn3-c3ccc(Cl)cc3Cl)s2)cc1. The van der Waals surface area contributed by atoms with Crippen molar-refractivity contribution in [1.82, 2.24) is 25.1 Å². The van der Waals surface area contributed by atoms with E-state index >= 15 is 0 Å². The Morgan fingerprint density at radius 3 is 2.52 bits per heavy atom. The lowest BCUT2D eigenvalue weighted by atomic mass is 10.1. The average molecular weight is 623 g/mol. The molecule has 4 aromatic rings. The molecule has 0 bridgehead atoms. The second kappa shape index (κ2) is 12.6. The molecule has 1 amide bonds. The van der Waals surface area contributed by atoms with Crippen LogP contribution in [0.5, 0.6) is 0 Å². The third-order valence-electron chi connectivity index (χ3n) is 7.47. The van der Waals surface area contributed by atoms with Gasteiger partial charge in [-0.25, -0.2) is 14.1 Å². The molecule has 2 saturated heterocycles. The molecule has 0 spiro atoms. The molecule has 2 aromatic heterocycles. The van der Waals surface area contributed by atoms with E-state index in [1.807, 2.05) is 53.2 Å². The van der Waals surface area contributed by atoms with Crippen LogP contribution in [0.25, 0.3) is 16.3 Å². The minimum absolute atomic E-state index is 0.287. The number of carbonyl (C=O) groups excluding carboxylic acids is 1. The fourth-order valence-electron chi connectivity index (χ4n) is 5.23. The van der Waals surface area contributed by atoms with Crippen LogP contribution < -0.4 is 5.43 Å². The first-order valence-corrected chi connectivity index (χ1v) is 15.6. The zero-order valence-electron chi connectivity index (χ0n) is 23.2. The molecule has 2 aliphatic rings. The predicted octanol–water partition coefficient (Wildman–Crippen LogP) is 6.90. The average Bonchev–Trinajstić information content (AvgIpc) is 3.57. The molecular weight excluding hydrogens is 592 g/mol. The number of thiophene rings is 1. The third-order valence-corrected chi connectivity index (χ3v) is 9.01. The molecule has 2 aromatic carbocycles. The van der Waals surface area contributed by atoms with Crippen molar-refractivity contribution in [3.05, 3.63) is 91.9 Å². The van der Waals surface area contributed by atoms with E-state index in [0.717, 1.165) is 58.9 Å². The zero-order chi connectivity index (χ0) is 29.2. The van der Waals surface area contributed by atoms with E-state index in [9.17, 15) is 9.18 Å². The van der Waals surface area contributed by atoms with Crippen LogP contribution in [-0.2, 0) is 6.54 Å². The van der Waals surface area contributed by atoms with Crippen molar-refractivity contribution in [3.8, 4) is 28.1 Å². The number of alkyl halides is 1. The van der Waals surface area contributed by atoms with Gasteiger partial charge in [-0.05, 0) is 62.2 Å². The quantitative estimate of drug-likeness (QED) is 0.238. The van der Waals surface area contributed by atoms with Gasteiger partial charge in [0, 0.05) is 48.9 Å². The van der Waals surface area contributed by atoms with Gasteiger partial charge >= 0.3 is 0 Å². The van der Waals surface area contributed by atoms with Crippen LogP contribution in [0.3, 0.4) is 0 Å². The molecule has 0 unspecified atom stereocenters. The number of hydrogen-bond acceptors (Lipinski definition) is 5. The number of nitrogens with one attached hydrogen (secondary N) is 1. The first kappa shape index (κ1) is 28.9. The van der Waals surface area contributed by atoms with E-state index in [4.69, 9.17) is 28.3 Å². The van der Waals surface area contributed by atoms with Gasteiger partial charge < -0.3 is 0 Å². The van der Waals surface area contributed by atoms with E-state index in [1.165, 1.54) is 16.9 Å². The highest BCUT2D eigenvalue weighted by atomic mass is 35.5. The largest absolute Gasteiger partial charge is 0.293 e. The van der Waals surface area contributed by atoms with Crippen LogP contribution in [0.2, 0.25) is 10.0 Å². The molecule has 2 fully saturated rings. The number of halogens is 3. The van der Waals surface area contributed by atoms with E-state index in [2.05, 4.69) is 17.3 Å². The van der Waals surface area contributed by atoms with Crippen molar-refractivity contribution in [3.63, 3.8) is 0 Å². The lowest BCUT2D eigenvalue weighted by Gasteiger charge is -2.34. The Morgan fingerprint density at radius 2 is 1.81 bits per heavy atom. The minimum atomic E-state index is -0.870. The predicted molar refractivity (Wildman–Crippen MR) is 167 cm³/mol. The van der Waals surface area contributed by atoms with Gasteiger partial charge in [-0.2, -0.15) is 5.10 Å². The summed E-state index contributed by atoms with van der Waals surface area (Å²) in [6.45, 7) is 4.65. The lowest BCUT2D eigenvalue weighted by molar-refractivity contribution is 0.0583. The highest BCUT2D eigenvalue weighted by Crippen LogP contribution is 2.37. The zero-order valence-corrected chi connectivity index (χ0v) is 25.5. The Balaban J connectivity index is 1.44. The van der Waals surface area contributed by atoms with E-state index in [-0.39, 0.29) is 5.91 Å². The van der Waals surface area contributed by atoms with Crippen LogP contribution in [0.15, 0.2) is 54.6 Å². The van der Waals surface area contributed by atoms with Gasteiger partial charge in [0.05, 0.1) is 26.2 Å². The van der Waals surface area contributed by atoms with Crippen molar-refractivity contribution >= 4 is 40.4 Å². The molecule has 6 nitrogen and oxygen atoms in total. The maximum atomic E-state index is 13.9. The topological polar surface area (TPSA) is 53.4 Å². The summed E-state index contributed by atoms with van der Waals surface area (Å²) < 4.78 is 15.6. The Bertz CT molecular complexity index is 1660. The van der Waals surface area contributed by atoms with Crippen LogP contribution >= 0.6 is 34.5 Å². The number of rotatable bonds is 6. The molecule has 216 valence electrons. The number of nitrogens with zero attached hydrogens (tertiary/aromatic N) is 4. The summed E-state index contributed by atoms with van der Waals surface area (Å²) in [7, 11) is 0. The Morgan fingerprint density at radius 1 is 1.05 bits per heavy atom. The van der Waals surface area contributed by atoms with Crippen LogP contribution in [0, 0.1) is 18.8 Å². The van der Waals surface area contributed by atoms with Crippen LogP contribution in [0.4, 0.5) is 4.39 Å². The van der Waals surface area contributed by atoms with Crippen molar-refractivity contribution < 1.29 is 9.18 Å². The standard InChI is InChI=1S/C32H30Cl2FN5OS/c1-21-5-7-22(8-6-21)9-11-25-12-14-29(42-25)31-26(20-38-18-24(35)19-38)30(32(41)37-39-15-3-2-4-16-39)36-40(31)28-13-10-23(33)17-27(28)34/h5-8,10,12-14,17,24H,2-4,15-16,18-20H2,1H3,(H,37,41). The van der Waals surface area contributed by atoms with Crippen molar-refractivity contribution in [1.29, 1.82) is 0 Å². The number of benzene rings is 2. The van der Waals surface area contributed by atoms with Crippen LogP contribution in [-0.4, -0.2) is 57.9 Å². The molecule has 0 aliphatic carbocycles. The summed E-state index contributed by atoms with van der Waals surface area (Å²) in [5.41, 5.74) is 7.53. The second-order valence-electron chi connectivity index (χ2n) is 10.7. The Hall–Kier alpha value is -3.19. The number of aryl methyl sites for hydroxylation is 1. The molecule has 1 N–H and O–H groups in total. The summed E-state index contributed by atoms with van der Waals surface area (Å²) in [6, 6.07) is 17.3. The number of hydrogen-bond donors (Lipinski definition) is 1. The summed E-state index contributed by atoms with van der Waals surface area (Å²) in [5, 5.41) is 7.72. The van der Waals surface area contributed by atoms with Gasteiger partial charge in [0.15, 0.2) is 5.69 Å². The van der Waals surface area contributed by atoms with E-state index in [1.54, 1.807) is 22.9 Å². The minimum Gasteiger partial charge on any atom is -0.293 e. The number of piperidine rings is 1. The number of hydrazine groups is 1. The summed E-state index contributed by atoms with van der Waals surface area (Å²) >= 11 is 14.4. The number of aromatic nitrogens is 2. The first-order valence-electron chi connectivity index (χ1n) is 14.0. The van der Waals surface area contributed by atoms with Gasteiger partial charge in [-0.1, -0.05) is 59.2 Å². The number of amides is 1. The smallest absolute Gasteiger partial charge is 0.286 e. The molecule has 6 rings (SSSR count). The Labute approximate surface area is 259 Å². The number of likely N-dealkylation sites (tertiary alicyclic amines) is 1. The van der Waals surface area contributed by atoms with Gasteiger partial charge in [-0.3, -0.25) is 15.1 Å². The summed E-state index contributed by atoms with van der Waals surface area (Å²) in [5.74, 6) is 6.22. The van der Waals surface area contributed by atoms with Gasteiger partial charge in [0.25, 0.3) is 5.91 Å². The van der Waals surface area contributed by atoms with Crippen molar-refractivity contribution in [2.24, 2.45) is 0 Å². The lowest BCUT2D eigenvalue weighted by Crippen LogP contribution is -2.48. The number of carbonyl (C=O) groups is 1. The molecule has 4 heterocycles. The van der Waals surface area contributed by atoms with Crippen molar-refractivity contribution in [2.75, 3.05) is 26.2 Å². The van der Waals surface area contributed by atoms with Gasteiger partial charge in [-0.15, -0.1) is 11.3 Å². The van der Waals surface area contributed by atoms with Crippen molar-refractivity contribution in [2.45, 2.75) is 38.9 Å². The molecular formula is C32H30Cl2FN5OS. The second-order valence-corrected chi connectivity index (χ2v) is 12.7. The van der Waals surface area contributed by atoms with E-state index in [0.29, 0.717) is 41.1 Å².